The Bertz CT molecular complexity index is 1370. The lowest BCUT2D eigenvalue weighted by Crippen LogP contribution is -2.78. The van der Waals surface area contributed by atoms with Crippen LogP contribution in [0.25, 0.3) is 0 Å². The Balaban J connectivity index is 1.47. The number of hydrogen-bond acceptors (Lipinski definition) is 10. The summed E-state index contributed by atoms with van der Waals surface area (Å²) in [6.45, 7) is 7.85. The Labute approximate surface area is 240 Å². The highest BCUT2D eigenvalue weighted by atomic mass is 32.2. The van der Waals surface area contributed by atoms with Gasteiger partial charge in [-0.15, -0.1) is 11.8 Å². The normalized spacial score (nSPS) is 23.4. The molecular formula is C28H31N3O7S2. The molecule has 4 atom stereocenters. The standard InChI is InChI=1S/C28H31N3O7S2/c1-15(32)37-19-12-11-18(13-20(19)38-16(2)33)21(29)23(34)30-28(5)25(36)31-22(27(3,4)40-26(28)31)24(35)39-14-17-9-7-6-8-10-17/h6-13,21-22,26H,14,29H2,1-5H3,(H,30,34)/t21?,22-,26+,28+/m0/s1. The van der Waals surface area contributed by atoms with Crippen molar-refractivity contribution in [3.63, 3.8) is 0 Å². The molecule has 2 saturated heterocycles. The van der Waals surface area contributed by atoms with Gasteiger partial charge >= 0.3 is 11.9 Å². The molecular weight excluding hydrogens is 554 g/mol. The van der Waals surface area contributed by atoms with Crippen LogP contribution in [0.15, 0.2) is 48.5 Å². The van der Waals surface area contributed by atoms with Crippen molar-refractivity contribution in [3.05, 3.63) is 59.7 Å². The highest BCUT2D eigenvalue weighted by molar-refractivity contribution is 8.13. The largest absolute Gasteiger partial charge is 0.423 e. The molecule has 0 radical (unpaired) electrons. The Morgan fingerprint density at radius 2 is 1.65 bits per heavy atom. The van der Waals surface area contributed by atoms with Crippen molar-refractivity contribution in [1.29, 1.82) is 0 Å². The topological polar surface area (TPSA) is 145 Å². The monoisotopic (exact) mass is 585 g/mol. The average Bonchev–Trinajstić information content (AvgIpc) is 3.17. The highest BCUT2D eigenvalue weighted by Gasteiger charge is 2.69. The smallest absolute Gasteiger partial charge is 0.308 e. The summed E-state index contributed by atoms with van der Waals surface area (Å²) in [5.74, 6) is -1.82. The third kappa shape index (κ3) is 5.74. The molecule has 2 aliphatic rings. The van der Waals surface area contributed by atoms with Crippen LogP contribution in [0.1, 0.15) is 51.8 Å². The lowest BCUT2D eigenvalue weighted by molar-refractivity contribution is -0.161. The molecule has 2 amide bonds. The SMILES string of the molecule is CC(=O)Oc1ccc(C(N)C(=O)N[C@]2(C)C(=O)N3[C@@H](C(=O)SCc4ccccc4)C(C)(C)S[C@@H]32)cc1OC(C)=O. The van der Waals surface area contributed by atoms with Crippen LogP contribution in [0.5, 0.6) is 11.5 Å². The van der Waals surface area contributed by atoms with Gasteiger partial charge < -0.3 is 25.4 Å². The number of carbonyl (C=O) groups is 5. The molecule has 2 heterocycles. The van der Waals surface area contributed by atoms with Crippen molar-refractivity contribution < 1.29 is 33.4 Å². The molecule has 0 bridgehead atoms. The summed E-state index contributed by atoms with van der Waals surface area (Å²) in [7, 11) is 0. The van der Waals surface area contributed by atoms with E-state index in [1.54, 1.807) is 11.8 Å². The molecule has 212 valence electrons. The van der Waals surface area contributed by atoms with Crippen LogP contribution >= 0.6 is 23.5 Å². The first kappa shape index (κ1) is 29.6. The van der Waals surface area contributed by atoms with Gasteiger partial charge in [-0.2, -0.15) is 0 Å². The lowest BCUT2D eigenvalue weighted by Gasteiger charge is -2.52. The van der Waals surface area contributed by atoms with Gasteiger partial charge in [0, 0.05) is 24.3 Å². The Morgan fingerprint density at radius 3 is 2.27 bits per heavy atom. The summed E-state index contributed by atoms with van der Waals surface area (Å²) in [5, 5.41) is 2.23. The van der Waals surface area contributed by atoms with Crippen LogP contribution < -0.4 is 20.5 Å². The predicted octanol–water partition coefficient (Wildman–Crippen LogP) is 2.93. The molecule has 0 aromatic heterocycles. The molecule has 12 heteroatoms. The molecule has 0 aliphatic carbocycles. The van der Waals surface area contributed by atoms with E-state index in [4.69, 9.17) is 15.2 Å². The first-order valence-electron chi connectivity index (χ1n) is 12.5. The quantitative estimate of drug-likeness (QED) is 0.269. The zero-order valence-corrected chi connectivity index (χ0v) is 24.4. The fourth-order valence-corrected chi connectivity index (χ4v) is 7.60. The van der Waals surface area contributed by atoms with Crippen molar-refractivity contribution >= 4 is 52.4 Å². The Hall–Kier alpha value is -3.35. The molecule has 2 aromatic rings. The van der Waals surface area contributed by atoms with Gasteiger partial charge in [0.25, 0.3) is 5.91 Å². The number of β-lactam (4-membered cyclic amide) rings is 1. The fourth-order valence-electron chi connectivity index (χ4n) is 4.80. The molecule has 4 rings (SSSR count). The van der Waals surface area contributed by atoms with Crippen molar-refractivity contribution in [2.24, 2.45) is 5.73 Å². The van der Waals surface area contributed by atoms with Crippen LogP contribution in [0.4, 0.5) is 0 Å². The van der Waals surface area contributed by atoms with Gasteiger partial charge in [-0.05, 0) is 44.0 Å². The zero-order chi connectivity index (χ0) is 29.4. The molecule has 0 saturated carbocycles. The summed E-state index contributed by atoms with van der Waals surface area (Å²) < 4.78 is 9.62. The predicted molar refractivity (Wildman–Crippen MR) is 151 cm³/mol. The number of thioether (sulfide) groups is 2. The van der Waals surface area contributed by atoms with Gasteiger partial charge in [0.2, 0.25) is 11.0 Å². The van der Waals surface area contributed by atoms with Gasteiger partial charge in [-0.25, -0.2) is 0 Å². The van der Waals surface area contributed by atoms with Crippen molar-refractivity contribution in [2.45, 2.75) is 68.1 Å². The highest BCUT2D eigenvalue weighted by Crippen LogP contribution is 2.55. The molecule has 1 unspecified atom stereocenters. The number of benzene rings is 2. The van der Waals surface area contributed by atoms with E-state index in [0.29, 0.717) is 5.75 Å². The first-order chi connectivity index (χ1) is 18.7. The molecule has 0 spiro atoms. The maximum atomic E-state index is 13.4. The van der Waals surface area contributed by atoms with Gasteiger partial charge in [0.05, 0.1) is 0 Å². The summed E-state index contributed by atoms with van der Waals surface area (Å²) in [6, 6.07) is 11.9. The number of carbonyl (C=O) groups excluding carboxylic acids is 5. The molecule has 2 fully saturated rings. The number of amides is 2. The second kappa shape index (κ2) is 11.3. The number of hydrogen-bond donors (Lipinski definition) is 2. The number of esters is 2. The fraction of sp³-hybridized carbons (Fsp3) is 0.393. The van der Waals surface area contributed by atoms with E-state index in [1.165, 1.54) is 55.6 Å². The van der Waals surface area contributed by atoms with E-state index in [2.05, 4.69) is 5.32 Å². The summed E-state index contributed by atoms with van der Waals surface area (Å²) >= 11 is 2.64. The summed E-state index contributed by atoms with van der Waals surface area (Å²) in [6.07, 6.45) is 0. The average molecular weight is 586 g/mol. The Morgan fingerprint density at radius 1 is 1.02 bits per heavy atom. The number of rotatable bonds is 8. The minimum atomic E-state index is -1.27. The van der Waals surface area contributed by atoms with Gasteiger partial charge in [0.15, 0.2) is 11.5 Å². The van der Waals surface area contributed by atoms with E-state index in [1.807, 2.05) is 44.2 Å². The molecule has 2 aromatic carbocycles. The number of nitrogens with one attached hydrogen (secondary N) is 1. The number of nitrogens with two attached hydrogens (primary N) is 1. The minimum absolute atomic E-state index is 0.00117. The van der Waals surface area contributed by atoms with Gasteiger partial charge in [-0.1, -0.05) is 48.2 Å². The second-order valence-corrected chi connectivity index (χ2v) is 13.1. The summed E-state index contributed by atoms with van der Waals surface area (Å²) in [4.78, 5) is 64.5. The summed E-state index contributed by atoms with van der Waals surface area (Å²) in [5.41, 5.74) is 6.25. The number of ether oxygens (including phenoxy) is 2. The van der Waals surface area contributed by atoms with Crippen molar-refractivity contribution in [1.82, 2.24) is 10.2 Å². The molecule has 3 N–H and O–H groups in total. The van der Waals surface area contributed by atoms with Gasteiger partial charge in [0.1, 0.15) is 23.0 Å². The number of fused-ring (bicyclic) bond motifs is 1. The van der Waals surface area contributed by atoms with E-state index < -0.39 is 45.6 Å². The maximum Gasteiger partial charge on any atom is 0.308 e. The minimum Gasteiger partial charge on any atom is -0.423 e. The Kier molecular flexibility index (Phi) is 8.34. The lowest BCUT2D eigenvalue weighted by atomic mass is 9.86. The van der Waals surface area contributed by atoms with Crippen LogP contribution in [0.3, 0.4) is 0 Å². The third-order valence-electron chi connectivity index (χ3n) is 6.72. The van der Waals surface area contributed by atoms with E-state index >= 15 is 0 Å². The van der Waals surface area contributed by atoms with E-state index in [-0.39, 0.29) is 28.1 Å². The van der Waals surface area contributed by atoms with E-state index in [9.17, 15) is 24.0 Å². The molecule has 40 heavy (non-hydrogen) atoms. The van der Waals surface area contributed by atoms with E-state index in [0.717, 1.165) is 5.56 Å². The van der Waals surface area contributed by atoms with Crippen LogP contribution in [-0.2, 0) is 29.7 Å². The van der Waals surface area contributed by atoms with Crippen molar-refractivity contribution in [3.8, 4) is 11.5 Å². The van der Waals surface area contributed by atoms with Crippen LogP contribution in [-0.4, -0.2) is 55.5 Å². The van der Waals surface area contributed by atoms with Gasteiger partial charge in [-0.3, -0.25) is 24.0 Å². The maximum absolute atomic E-state index is 13.4. The van der Waals surface area contributed by atoms with Crippen LogP contribution in [0.2, 0.25) is 0 Å². The third-order valence-corrected chi connectivity index (χ3v) is 9.46. The number of nitrogens with zero attached hydrogens (tertiary/aromatic N) is 1. The first-order valence-corrected chi connectivity index (χ1v) is 14.4. The van der Waals surface area contributed by atoms with Crippen molar-refractivity contribution in [2.75, 3.05) is 0 Å². The van der Waals surface area contributed by atoms with Crippen LogP contribution in [0, 0.1) is 0 Å². The zero-order valence-electron chi connectivity index (χ0n) is 22.8. The second-order valence-electron chi connectivity index (χ2n) is 10.3. The molecule has 10 nitrogen and oxygen atoms in total. The molecule has 2 aliphatic heterocycles.